The van der Waals surface area contributed by atoms with Crippen LogP contribution in [0.3, 0.4) is 0 Å². The molecule has 0 aromatic heterocycles. The van der Waals surface area contributed by atoms with Crippen molar-refractivity contribution < 1.29 is 0 Å². The molecule has 0 bridgehead atoms. The van der Waals surface area contributed by atoms with Gasteiger partial charge in [0, 0.05) is 3.57 Å². The number of halogens is 2. The van der Waals surface area contributed by atoms with Gasteiger partial charge >= 0.3 is 0 Å². The summed E-state index contributed by atoms with van der Waals surface area (Å²) in [6, 6.07) is 18.5. The van der Waals surface area contributed by atoms with Crippen LogP contribution >= 0.6 is 34.2 Å². The second-order valence-corrected chi connectivity index (χ2v) is 6.74. The molecule has 0 aliphatic carbocycles. The lowest BCUT2D eigenvalue weighted by Crippen LogP contribution is -2.14. The fraction of sp³-hybridized carbons (Fsp3) is 0.111. The topological polar surface area (TPSA) is 26.0 Å². The van der Waals surface area contributed by atoms with E-state index >= 15 is 0 Å². The predicted molar refractivity (Wildman–Crippen MR) is 98.9 cm³/mol. The van der Waals surface area contributed by atoms with E-state index in [-0.39, 0.29) is 6.04 Å². The molecule has 1 unspecified atom stereocenters. The van der Waals surface area contributed by atoms with Gasteiger partial charge in [-0.25, -0.2) is 0 Å². The molecule has 0 saturated carbocycles. The van der Waals surface area contributed by atoms with Crippen LogP contribution in [-0.2, 0) is 0 Å². The average molecular weight is 408 g/mol. The highest BCUT2D eigenvalue weighted by molar-refractivity contribution is 14.1. The van der Waals surface area contributed by atoms with Crippen LogP contribution in [0.15, 0.2) is 54.6 Å². The van der Waals surface area contributed by atoms with Crippen LogP contribution < -0.4 is 5.73 Å². The zero-order valence-electron chi connectivity index (χ0n) is 11.6. The van der Waals surface area contributed by atoms with E-state index in [4.69, 9.17) is 17.3 Å². The molecule has 3 rings (SSSR count). The van der Waals surface area contributed by atoms with Crippen molar-refractivity contribution in [2.75, 3.05) is 0 Å². The van der Waals surface area contributed by atoms with Gasteiger partial charge in [-0.15, -0.1) is 0 Å². The molecule has 0 aliphatic rings. The summed E-state index contributed by atoms with van der Waals surface area (Å²) in [4.78, 5) is 0. The Morgan fingerprint density at radius 3 is 2.57 bits per heavy atom. The Labute approximate surface area is 143 Å². The average Bonchev–Trinajstić information content (AvgIpc) is 2.49. The molecular weight excluding hydrogens is 393 g/mol. The van der Waals surface area contributed by atoms with Crippen molar-refractivity contribution >= 4 is 45.0 Å². The Balaban J connectivity index is 2.19. The van der Waals surface area contributed by atoms with Crippen LogP contribution in [0.25, 0.3) is 10.8 Å². The largest absolute Gasteiger partial charge is 0.320 e. The molecule has 0 heterocycles. The third-order valence-electron chi connectivity index (χ3n) is 3.80. The minimum absolute atomic E-state index is 0.175. The number of benzene rings is 3. The minimum atomic E-state index is -0.175. The van der Waals surface area contributed by atoms with Crippen LogP contribution in [0.2, 0.25) is 5.02 Å². The molecule has 0 fully saturated rings. The molecule has 0 radical (unpaired) electrons. The van der Waals surface area contributed by atoms with E-state index in [1.165, 1.54) is 21.9 Å². The molecule has 0 saturated heterocycles. The number of aryl methyl sites for hydroxylation is 1. The van der Waals surface area contributed by atoms with Gasteiger partial charge in [-0.3, -0.25) is 0 Å². The van der Waals surface area contributed by atoms with Gasteiger partial charge in [0.25, 0.3) is 0 Å². The van der Waals surface area contributed by atoms with E-state index in [1.807, 2.05) is 12.1 Å². The Hall–Kier alpha value is -1.10. The minimum Gasteiger partial charge on any atom is -0.320 e. The zero-order chi connectivity index (χ0) is 15.0. The maximum absolute atomic E-state index is 6.54. The van der Waals surface area contributed by atoms with Crippen molar-refractivity contribution in [2.45, 2.75) is 13.0 Å². The van der Waals surface area contributed by atoms with Gasteiger partial charge in [-0.05, 0) is 69.1 Å². The monoisotopic (exact) mass is 407 g/mol. The molecule has 0 spiro atoms. The third-order valence-corrected chi connectivity index (χ3v) is 5.37. The smallest absolute Gasteiger partial charge is 0.0560 e. The Bertz CT molecular complexity index is 813. The zero-order valence-corrected chi connectivity index (χ0v) is 14.5. The quantitative estimate of drug-likeness (QED) is 0.561. The van der Waals surface area contributed by atoms with E-state index in [9.17, 15) is 0 Å². The van der Waals surface area contributed by atoms with Crippen molar-refractivity contribution in [1.82, 2.24) is 0 Å². The molecule has 1 atom stereocenters. The van der Waals surface area contributed by atoms with Crippen LogP contribution in [0.4, 0.5) is 0 Å². The number of hydrogen-bond acceptors (Lipinski definition) is 1. The summed E-state index contributed by atoms with van der Waals surface area (Å²) in [5.41, 5.74) is 9.96. The van der Waals surface area contributed by atoms with Crippen molar-refractivity contribution in [3.05, 3.63) is 79.9 Å². The first-order valence-corrected chi connectivity index (χ1v) is 8.22. The Morgan fingerprint density at radius 2 is 1.81 bits per heavy atom. The van der Waals surface area contributed by atoms with E-state index in [2.05, 4.69) is 72.0 Å². The predicted octanol–water partition coefficient (Wildman–Crippen LogP) is 5.45. The fourth-order valence-corrected chi connectivity index (χ4v) is 3.21. The maximum Gasteiger partial charge on any atom is 0.0560 e. The highest BCUT2D eigenvalue weighted by atomic mass is 127. The van der Waals surface area contributed by atoms with E-state index in [0.29, 0.717) is 0 Å². The van der Waals surface area contributed by atoms with Gasteiger partial charge in [0.15, 0.2) is 0 Å². The van der Waals surface area contributed by atoms with Crippen molar-refractivity contribution in [3.63, 3.8) is 0 Å². The van der Waals surface area contributed by atoms with E-state index in [0.717, 1.165) is 14.2 Å². The third kappa shape index (κ3) is 2.80. The lowest BCUT2D eigenvalue weighted by molar-refractivity contribution is 0.871. The van der Waals surface area contributed by atoms with Crippen molar-refractivity contribution in [1.29, 1.82) is 0 Å². The molecular formula is C18H15ClIN. The highest BCUT2D eigenvalue weighted by Gasteiger charge is 2.15. The Morgan fingerprint density at radius 1 is 1.05 bits per heavy atom. The summed E-state index contributed by atoms with van der Waals surface area (Å²) in [6.45, 7) is 2.11. The number of hydrogen-bond donors (Lipinski definition) is 1. The lowest BCUT2D eigenvalue weighted by atomic mass is 9.91. The van der Waals surface area contributed by atoms with Gasteiger partial charge in [-0.2, -0.15) is 0 Å². The first kappa shape index (κ1) is 14.8. The summed E-state index contributed by atoms with van der Waals surface area (Å²) in [6.07, 6.45) is 0. The van der Waals surface area contributed by atoms with Gasteiger partial charge in [-0.1, -0.05) is 54.1 Å². The SMILES string of the molecule is Cc1ccc2ccccc2c1C(N)c1ccc(I)c(Cl)c1. The first-order valence-electron chi connectivity index (χ1n) is 6.76. The van der Waals surface area contributed by atoms with Crippen LogP contribution in [0, 0.1) is 10.5 Å². The second kappa shape index (κ2) is 5.95. The molecule has 1 nitrogen and oxygen atoms in total. The summed E-state index contributed by atoms with van der Waals surface area (Å²) in [5, 5.41) is 3.17. The second-order valence-electron chi connectivity index (χ2n) is 5.17. The number of rotatable bonds is 2. The molecule has 106 valence electrons. The molecule has 21 heavy (non-hydrogen) atoms. The standard InChI is InChI=1S/C18H15ClIN/c1-11-6-7-12-4-2-3-5-14(12)17(11)18(21)13-8-9-16(20)15(19)10-13/h2-10,18H,21H2,1H3. The van der Waals surface area contributed by atoms with Crippen molar-refractivity contribution in [2.24, 2.45) is 5.73 Å². The van der Waals surface area contributed by atoms with Gasteiger partial charge in [0.1, 0.15) is 0 Å². The van der Waals surface area contributed by atoms with Crippen molar-refractivity contribution in [3.8, 4) is 0 Å². The lowest BCUT2D eigenvalue weighted by Gasteiger charge is -2.18. The summed E-state index contributed by atoms with van der Waals surface area (Å²) in [7, 11) is 0. The van der Waals surface area contributed by atoms with Crippen LogP contribution in [-0.4, -0.2) is 0 Å². The molecule has 3 heteroatoms. The van der Waals surface area contributed by atoms with Crippen LogP contribution in [0.5, 0.6) is 0 Å². The summed E-state index contributed by atoms with van der Waals surface area (Å²) >= 11 is 8.47. The van der Waals surface area contributed by atoms with Gasteiger partial charge < -0.3 is 5.73 Å². The van der Waals surface area contributed by atoms with Gasteiger partial charge in [0.2, 0.25) is 0 Å². The first-order chi connectivity index (χ1) is 10.1. The number of fused-ring (bicyclic) bond motifs is 1. The summed E-state index contributed by atoms with van der Waals surface area (Å²) < 4.78 is 1.04. The fourth-order valence-electron chi connectivity index (χ4n) is 2.69. The summed E-state index contributed by atoms with van der Waals surface area (Å²) in [5.74, 6) is 0. The molecule has 3 aromatic rings. The molecule has 3 aromatic carbocycles. The van der Waals surface area contributed by atoms with E-state index < -0.39 is 0 Å². The van der Waals surface area contributed by atoms with E-state index in [1.54, 1.807) is 0 Å². The Kier molecular flexibility index (Phi) is 4.20. The molecule has 2 N–H and O–H groups in total. The van der Waals surface area contributed by atoms with Gasteiger partial charge in [0.05, 0.1) is 11.1 Å². The molecule has 0 amide bonds. The number of nitrogens with two attached hydrogens (primary N) is 1. The maximum atomic E-state index is 6.54. The molecule has 0 aliphatic heterocycles. The van der Waals surface area contributed by atoms with Crippen LogP contribution in [0.1, 0.15) is 22.7 Å². The normalized spacial score (nSPS) is 12.6. The highest BCUT2D eigenvalue weighted by Crippen LogP contribution is 2.32.